The lowest BCUT2D eigenvalue weighted by molar-refractivity contribution is 0.0564. The zero-order valence-corrected chi connectivity index (χ0v) is 7.68. The first-order valence-corrected chi connectivity index (χ1v) is 4.25. The Hall–Kier alpha value is -0.0400. The van der Waals surface area contributed by atoms with Gasteiger partial charge in [-0.15, -0.1) is 0 Å². The number of methoxy groups -OCH3 is 1. The van der Waals surface area contributed by atoms with Gasteiger partial charge in [0.25, 0.3) is 0 Å². The second kappa shape index (κ2) is 5.72. The van der Waals surface area contributed by atoms with E-state index in [9.17, 15) is 0 Å². The maximum absolute atomic E-state index is 5.31. The van der Waals surface area contributed by atoms with Crippen LogP contribution < -0.4 is 0 Å². The van der Waals surface area contributed by atoms with E-state index in [0.29, 0.717) is 12.0 Å². The van der Waals surface area contributed by atoms with Crippen LogP contribution >= 0.6 is 0 Å². The molecule has 0 aliphatic carbocycles. The normalized spacial score (nSPS) is 14.1. The van der Waals surface area contributed by atoms with E-state index in [2.05, 4.69) is 20.8 Å². The third-order valence-electron chi connectivity index (χ3n) is 1.89. The van der Waals surface area contributed by atoms with Crippen molar-refractivity contribution in [2.45, 2.75) is 46.1 Å². The number of hydrogen-bond donors (Lipinski definition) is 0. The summed E-state index contributed by atoms with van der Waals surface area (Å²) in [6.07, 6.45) is 4.24. The van der Waals surface area contributed by atoms with E-state index >= 15 is 0 Å². The van der Waals surface area contributed by atoms with Crippen molar-refractivity contribution in [3.63, 3.8) is 0 Å². The number of unbranched alkanes of at least 4 members (excludes halogenated alkanes) is 1. The Morgan fingerprint density at radius 2 is 1.90 bits per heavy atom. The van der Waals surface area contributed by atoms with Gasteiger partial charge in [-0.2, -0.15) is 0 Å². The van der Waals surface area contributed by atoms with Crippen LogP contribution in [-0.2, 0) is 4.74 Å². The van der Waals surface area contributed by atoms with E-state index in [1.807, 2.05) is 0 Å². The fraction of sp³-hybridized carbons (Fsp3) is 1.00. The maximum Gasteiger partial charge on any atom is 0.0594 e. The minimum absolute atomic E-state index is 0.472. The first kappa shape index (κ1) is 9.96. The van der Waals surface area contributed by atoms with Crippen LogP contribution in [0.5, 0.6) is 0 Å². The fourth-order valence-corrected chi connectivity index (χ4v) is 1.13. The molecular formula is C9H20O. The molecule has 0 amide bonds. The Morgan fingerprint density at radius 3 is 2.20 bits per heavy atom. The molecule has 10 heavy (non-hydrogen) atoms. The van der Waals surface area contributed by atoms with E-state index in [-0.39, 0.29) is 0 Å². The highest BCUT2D eigenvalue weighted by atomic mass is 16.5. The van der Waals surface area contributed by atoms with Gasteiger partial charge >= 0.3 is 0 Å². The molecule has 0 spiro atoms. The van der Waals surface area contributed by atoms with Gasteiger partial charge in [0.1, 0.15) is 0 Å². The van der Waals surface area contributed by atoms with E-state index in [1.54, 1.807) is 7.11 Å². The van der Waals surface area contributed by atoms with Crippen molar-refractivity contribution in [2.75, 3.05) is 7.11 Å². The van der Waals surface area contributed by atoms with Gasteiger partial charge in [-0.05, 0) is 12.3 Å². The summed E-state index contributed by atoms with van der Waals surface area (Å²) >= 11 is 0. The molecule has 0 fully saturated rings. The lowest BCUT2D eigenvalue weighted by Gasteiger charge is -2.18. The van der Waals surface area contributed by atoms with E-state index in [4.69, 9.17) is 4.74 Å². The molecule has 0 aliphatic rings. The molecule has 0 aromatic rings. The maximum atomic E-state index is 5.31. The van der Waals surface area contributed by atoms with Crippen LogP contribution in [0.15, 0.2) is 0 Å². The number of ether oxygens (including phenoxy) is 1. The first-order valence-electron chi connectivity index (χ1n) is 4.25. The molecule has 0 aliphatic heterocycles. The third-order valence-corrected chi connectivity index (χ3v) is 1.89. The molecule has 62 valence electrons. The minimum Gasteiger partial charge on any atom is -0.381 e. The van der Waals surface area contributed by atoms with Crippen LogP contribution in [-0.4, -0.2) is 13.2 Å². The molecule has 0 aromatic carbocycles. The van der Waals surface area contributed by atoms with Crippen LogP contribution in [0.1, 0.15) is 40.0 Å². The molecule has 0 N–H and O–H groups in total. The smallest absolute Gasteiger partial charge is 0.0594 e. The van der Waals surface area contributed by atoms with Gasteiger partial charge < -0.3 is 4.74 Å². The highest BCUT2D eigenvalue weighted by Crippen LogP contribution is 2.12. The third kappa shape index (κ3) is 3.89. The van der Waals surface area contributed by atoms with Crippen LogP contribution in [0.25, 0.3) is 0 Å². The van der Waals surface area contributed by atoms with Gasteiger partial charge in [-0.1, -0.05) is 33.6 Å². The van der Waals surface area contributed by atoms with Crippen molar-refractivity contribution in [2.24, 2.45) is 5.92 Å². The van der Waals surface area contributed by atoms with Crippen LogP contribution in [0, 0.1) is 5.92 Å². The summed E-state index contributed by atoms with van der Waals surface area (Å²) < 4.78 is 5.31. The molecule has 0 saturated heterocycles. The fourth-order valence-electron chi connectivity index (χ4n) is 1.13. The molecule has 1 nitrogen and oxygen atoms in total. The van der Waals surface area contributed by atoms with Crippen molar-refractivity contribution in [3.05, 3.63) is 0 Å². The quantitative estimate of drug-likeness (QED) is 0.576. The lowest BCUT2D eigenvalue weighted by Crippen LogP contribution is -2.17. The monoisotopic (exact) mass is 144 g/mol. The topological polar surface area (TPSA) is 9.23 Å². The highest BCUT2D eigenvalue weighted by Gasteiger charge is 2.09. The van der Waals surface area contributed by atoms with E-state index in [0.717, 1.165) is 0 Å². The zero-order chi connectivity index (χ0) is 7.98. The molecule has 1 heteroatoms. The van der Waals surface area contributed by atoms with E-state index < -0.39 is 0 Å². The van der Waals surface area contributed by atoms with Crippen molar-refractivity contribution >= 4 is 0 Å². The van der Waals surface area contributed by atoms with Gasteiger partial charge in [-0.3, -0.25) is 0 Å². The Labute approximate surface area is 64.8 Å². The Morgan fingerprint density at radius 1 is 1.30 bits per heavy atom. The van der Waals surface area contributed by atoms with Gasteiger partial charge in [0.05, 0.1) is 6.10 Å². The predicted molar refractivity (Wildman–Crippen MR) is 45.2 cm³/mol. The van der Waals surface area contributed by atoms with Crippen molar-refractivity contribution < 1.29 is 4.74 Å². The Kier molecular flexibility index (Phi) is 5.70. The average Bonchev–Trinajstić information content (AvgIpc) is 1.89. The van der Waals surface area contributed by atoms with Gasteiger partial charge in [0, 0.05) is 7.11 Å². The minimum atomic E-state index is 0.472. The van der Waals surface area contributed by atoms with Crippen molar-refractivity contribution in [1.82, 2.24) is 0 Å². The number of rotatable bonds is 5. The van der Waals surface area contributed by atoms with Crippen LogP contribution in [0.3, 0.4) is 0 Å². The highest BCUT2D eigenvalue weighted by molar-refractivity contribution is 4.60. The standard InChI is InChI=1S/C9H20O/c1-5-6-7-9(10-4)8(2)3/h8-9H,5-7H2,1-4H3/t9-/m0/s1. The summed E-state index contributed by atoms with van der Waals surface area (Å²) in [4.78, 5) is 0. The largest absolute Gasteiger partial charge is 0.381 e. The molecule has 0 unspecified atom stereocenters. The van der Waals surface area contributed by atoms with Crippen LogP contribution in [0.2, 0.25) is 0 Å². The lowest BCUT2D eigenvalue weighted by atomic mass is 10.0. The average molecular weight is 144 g/mol. The van der Waals surface area contributed by atoms with E-state index in [1.165, 1.54) is 19.3 Å². The van der Waals surface area contributed by atoms with Gasteiger partial charge in [0.2, 0.25) is 0 Å². The van der Waals surface area contributed by atoms with Gasteiger partial charge in [0.15, 0.2) is 0 Å². The summed E-state index contributed by atoms with van der Waals surface area (Å²) in [6.45, 7) is 6.64. The zero-order valence-electron chi connectivity index (χ0n) is 7.68. The Balaban J connectivity index is 3.40. The molecule has 0 aromatic heterocycles. The molecule has 0 rings (SSSR count). The number of hydrogen-bond acceptors (Lipinski definition) is 1. The molecule has 1 atom stereocenters. The molecular weight excluding hydrogens is 124 g/mol. The SMILES string of the molecule is CCCC[C@H](OC)C(C)C. The summed E-state index contributed by atoms with van der Waals surface area (Å²) in [7, 11) is 1.81. The van der Waals surface area contributed by atoms with Crippen molar-refractivity contribution in [1.29, 1.82) is 0 Å². The van der Waals surface area contributed by atoms with Gasteiger partial charge in [-0.25, -0.2) is 0 Å². The second-order valence-electron chi connectivity index (χ2n) is 3.16. The summed E-state index contributed by atoms with van der Waals surface area (Å²) in [6, 6.07) is 0. The summed E-state index contributed by atoms with van der Waals surface area (Å²) in [5, 5.41) is 0. The Bertz CT molecular complexity index is 69.1. The molecule has 0 heterocycles. The van der Waals surface area contributed by atoms with Crippen LogP contribution in [0.4, 0.5) is 0 Å². The molecule has 0 bridgehead atoms. The first-order chi connectivity index (χ1) is 4.72. The summed E-state index contributed by atoms with van der Waals surface area (Å²) in [5.74, 6) is 0.663. The molecule has 0 radical (unpaired) electrons. The van der Waals surface area contributed by atoms with Crippen molar-refractivity contribution in [3.8, 4) is 0 Å². The molecule has 0 saturated carbocycles. The second-order valence-corrected chi connectivity index (χ2v) is 3.16. The predicted octanol–water partition coefficient (Wildman–Crippen LogP) is 2.85. The summed E-state index contributed by atoms with van der Waals surface area (Å²) in [5.41, 5.74) is 0.